The molecule has 2 unspecified atom stereocenters. The topological polar surface area (TPSA) is 78.0 Å². The van der Waals surface area contributed by atoms with E-state index in [4.69, 9.17) is 5.11 Å². The lowest BCUT2D eigenvalue weighted by atomic mass is 9.93. The van der Waals surface area contributed by atoms with Crippen LogP contribution in [0.1, 0.15) is 30.9 Å². The molecule has 2 atom stereocenters. The van der Waals surface area contributed by atoms with Gasteiger partial charge in [-0.05, 0) is 38.3 Å². The van der Waals surface area contributed by atoms with Gasteiger partial charge in [0.05, 0.1) is 12.0 Å². The van der Waals surface area contributed by atoms with E-state index in [2.05, 4.69) is 15.3 Å². The minimum atomic E-state index is -0.780. The Bertz CT molecular complexity index is 331. The fraction of sp³-hybridized carbons (Fsp3) is 0.636. The van der Waals surface area contributed by atoms with Crippen molar-refractivity contribution in [3.05, 3.63) is 18.2 Å². The molecule has 0 amide bonds. The highest BCUT2D eigenvalue weighted by atomic mass is 16.4. The molecule has 1 aliphatic heterocycles. The van der Waals surface area contributed by atoms with Gasteiger partial charge < -0.3 is 15.4 Å². The Labute approximate surface area is 94.3 Å². The Morgan fingerprint density at radius 3 is 3.12 bits per heavy atom. The van der Waals surface area contributed by atoms with Gasteiger partial charge in [-0.15, -0.1) is 0 Å². The zero-order valence-electron chi connectivity index (χ0n) is 9.15. The van der Waals surface area contributed by atoms with E-state index in [1.165, 1.54) is 6.33 Å². The summed E-state index contributed by atoms with van der Waals surface area (Å²) in [4.78, 5) is 18.0. The highest BCUT2D eigenvalue weighted by molar-refractivity contribution is 5.75. The van der Waals surface area contributed by atoms with Crippen molar-refractivity contribution in [1.29, 1.82) is 0 Å². The van der Waals surface area contributed by atoms with E-state index in [1.54, 1.807) is 6.20 Å². The third kappa shape index (κ3) is 2.61. The van der Waals surface area contributed by atoms with E-state index in [1.807, 2.05) is 0 Å². The van der Waals surface area contributed by atoms with Gasteiger partial charge in [-0.1, -0.05) is 0 Å². The van der Waals surface area contributed by atoms with E-state index >= 15 is 0 Å². The lowest BCUT2D eigenvalue weighted by Crippen LogP contribution is -2.15. The maximum Gasteiger partial charge on any atom is 0.312 e. The van der Waals surface area contributed by atoms with Gasteiger partial charge in [-0.25, -0.2) is 4.98 Å². The molecule has 5 heteroatoms. The maximum absolute atomic E-state index is 11.1. The van der Waals surface area contributed by atoms with Crippen LogP contribution in [0.5, 0.6) is 0 Å². The molecule has 1 aliphatic rings. The van der Waals surface area contributed by atoms with Crippen molar-refractivity contribution in [1.82, 2.24) is 15.3 Å². The summed E-state index contributed by atoms with van der Waals surface area (Å²) in [5.74, 6) is -0.620. The normalized spacial score (nSPS) is 22.1. The number of H-pyrrole nitrogens is 1. The summed E-state index contributed by atoms with van der Waals surface area (Å²) in [5, 5.41) is 12.4. The standard InChI is InChI=1S/C11H17N3O2/c15-11(16)9(10-6-13-7-14-10)2-1-8-3-4-12-5-8/h6-9,12H,1-5H2,(H,13,14)(H,15,16). The quantitative estimate of drug-likeness (QED) is 0.695. The number of aromatic amines is 1. The number of aromatic nitrogens is 2. The molecule has 3 N–H and O–H groups in total. The second kappa shape index (κ2) is 5.12. The van der Waals surface area contributed by atoms with Crippen molar-refractivity contribution >= 4 is 5.97 Å². The Balaban J connectivity index is 1.90. The van der Waals surface area contributed by atoms with Crippen molar-refractivity contribution in [3.8, 4) is 0 Å². The van der Waals surface area contributed by atoms with Gasteiger partial charge in [-0.3, -0.25) is 4.79 Å². The Morgan fingerprint density at radius 2 is 2.56 bits per heavy atom. The highest BCUT2D eigenvalue weighted by Gasteiger charge is 2.24. The fourth-order valence-corrected chi connectivity index (χ4v) is 2.22. The van der Waals surface area contributed by atoms with Crippen LogP contribution in [0.25, 0.3) is 0 Å². The van der Waals surface area contributed by atoms with Crippen LogP contribution in [0.4, 0.5) is 0 Å². The summed E-state index contributed by atoms with van der Waals surface area (Å²) >= 11 is 0. The SMILES string of the molecule is O=C(O)C(CCC1CCNC1)c1c[nH]cn1. The Kier molecular flexibility index (Phi) is 3.56. The Hall–Kier alpha value is -1.36. The third-order valence-electron chi connectivity index (χ3n) is 3.20. The third-order valence-corrected chi connectivity index (χ3v) is 3.20. The van der Waals surface area contributed by atoms with Crippen molar-refractivity contribution in [3.63, 3.8) is 0 Å². The second-order valence-electron chi connectivity index (χ2n) is 4.32. The number of imidazole rings is 1. The molecule has 2 rings (SSSR count). The average Bonchev–Trinajstić information content (AvgIpc) is 2.88. The van der Waals surface area contributed by atoms with E-state index in [-0.39, 0.29) is 0 Å². The molecule has 1 aromatic heterocycles. The lowest BCUT2D eigenvalue weighted by molar-refractivity contribution is -0.139. The van der Waals surface area contributed by atoms with E-state index in [0.717, 1.165) is 25.9 Å². The van der Waals surface area contributed by atoms with Crippen molar-refractivity contribution in [2.75, 3.05) is 13.1 Å². The van der Waals surface area contributed by atoms with Gasteiger partial charge in [0, 0.05) is 6.20 Å². The number of carboxylic acids is 1. The summed E-state index contributed by atoms with van der Waals surface area (Å²) in [6.07, 6.45) is 5.99. The number of nitrogens with zero attached hydrogens (tertiary/aromatic N) is 1. The summed E-state index contributed by atoms with van der Waals surface area (Å²) in [7, 11) is 0. The van der Waals surface area contributed by atoms with E-state index in [9.17, 15) is 4.79 Å². The largest absolute Gasteiger partial charge is 0.481 e. The molecule has 0 saturated carbocycles. The summed E-state index contributed by atoms with van der Waals surface area (Å²) in [5.41, 5.74) is 0.637. The molecule has 1 fully saturated rings. The van der Waals surface area contributed by atoms with Crippen molar-refractivity contribution < 1.29 is 9.90 Å². The number of rotatable bonds is 5. The monoisotopic (exact) mass is 223 g/mol. The van der Waals surface area contributed by atoms with Crippen LogP contribution in [-0.4, -0.2) is 34.1 Å². The van der Waals surface area contributed by atoms with Gasteiger partial charge in [-0.2, -0.15) is 0 Å². The highest BCUT2D eigenvalue weighted by Crippen LogP contribution is 2.24. The smallest absolute Gasteiger partial charge is 0.312 e. The maximum atomic E-state index is 11.1. The van der Waals surface area contributed by atoms with Crippen LogP contribution in [0, 0.1) is 5.92 Å². The Morgan fingerprint density at radius 1 is 1.69 bits per heavy atom. The molecule has 0 aromatic carbocycles. The number of carboxylic acid groups (broad SMARTS) is 1. The van der Waals surface area contributed by atoms with Gasteiger partial charge >= 0.3 is 5.97 Å². The number of hydrogen-bond donors (Lipinski definition) is 3. The first-order valence-electron chi connectivity index (χ1n) is 5.69. The fourth-order valence-electron chi connectivity index (χ4n) is 2.22. The minimum Gasteiger partial charge on any atom is -0.481 e. The second-order valence-corrected chi connectivity index (χ2v) is 4.32. The zero-order valence-corrected chi connectivity index (χ0v) is 9.15. The van der Waals surface area contributed by atoms with Crippen LogP contribution >= 0.6 is 0 Å². The first-order chi connectivity index (χ1) is 7.77. The number of aliphatic carboxylic acids is 1. The molecule has 1 aromatic rings. The lowest BCUT2D eigenvalue weighted by Gasteiger charge is -2.12. The molecule has 16 heavy (non-hydrogen) atoms. The predicted octanol–water partition coefficient (Wildman–Crippen LogP) is 0.968. The number of nitrogens with one attached hydrogen (secondary N) is 2. The van der Waals surface area contributed by atoms with Crippen LogP contribution in [0.15, 0.2) is 12.5 Å². The summed E-state index contributed by atoms with van der Waals surface area (Å²) in [6.45, 7) is 2.08. The van der Waals surface area contributed by atoms with Crippen LogP contribution < -0.4 is 5.32 Å². The van der Waals surface area contributed by atoms with Crippen LogP contribution in [0.2, 0.25) is 0 Å². The molecule has 0 radical (unpaired) electrons. The van der Waals surface area contributed by atoms with E-state index < -0.39 is 11.9 Å². The van der Waals surface area contributed by atoms with Crippen LogP contribution in [-0.2, 0) is 4.79 Å². The minimum absolute atomic E-state index is 0.466. The summed E-state index contributed by atoms with van der Waals surface area (Å²) < 4.78 is 0. The number of hydrogen-bond acceptors (Lipinski definition) is 3. The molecular formula is C11H17N3O2. The summed E-state index contributed by atoms with van der Waals surface area (Å²) in [6, 6.07) is 0. The van der Waals surface area contributed by atoms with Crippen LogP contribution in [0.3, 0.4) is 0 Å². The molecule has 0 aliphatic carbocycles. The molecular weight excluding hydrogens is 206 g/mol. The average molecular weight is 223 g/mol. The van der Waals surface area contributed by atoms with Crippen molar-refractivity contribution in [2.24, 2.45) is 5.92 Å². The molecule has 2 heterocycles. The van der Waals surface area contributed by atoms with E-state index in [0.29, 0.717) is 18.0 Å². The van der Waals surface area contributed by atoms with Crippen molar-refractivity contribution in [2.45, 2.75) is 25.2 Å². The first kappa shape index (κ1) is 11.1. The van der Waals surface area contributed by atoms with Gasteiger partial charge in [0.25, 0.3) is 0 Å². The first-order valence-corrected chi connectivity index (χ1v) is 5.69. The number of carbonyl (C=O) groups is 1. The molecule has 0 spiro atoms. The molecule has 88 valence electrons. The molecule has 1 saturated heterocycles. The van der Waals surface area contributed by atoms with Gasteiger partial charge in [0.2, 0.25) is 0 Å². The molecule has 0 bridgehead atoms. The zero-order chi connectivity index (χ0) is 11.4. The predicted molar refractivity (Wildman–Crippen MR) is 59.2 cm³/mol. The molecule has 5 nitrogen and oxygen atoms in total. The van der Waals surface area contributed by atoms with Gasteiger partial charge in [0.15, 0.2) is 0 Å². The van der Waals surface area contributed by atoms with Gasteiger partial charge in [0.1, 0.15) is 5.92 Å².